The monoisotopic (exact) mass is 178 g/mol. The van der Waals surface area contributed by atoms with Crippen LogP contribution in [0.1, 0.15) is 17.0 Å². The van der Waals surface area contributed by atoms with Crippen molar-refractivity contribution in [3.05, 3.63) is 23.0 Å². The van der Waals surface area contributed by atoms with Gasteiger partial charge in [0.05, 0.1) is 11.3 Å². The molecular formula is C9H14N4. The minimum Gasteiger partial charge on any atom is -0.387 e. The number of aryl methyl sites for hydroxylation is 2. The molecule has 0 unspecified atom stereocenters. The second-order valence-corrected chi connectivity index (χ2v) is 2.94. The molecule has 0 aliphatic carbocycles. The molecule has 0 aliphatic heterocycles. The van der Waals surface area contributed by atoms with E-state index in [1.807, 2.05) is 19.9 Å². The van der Waals surface area contributed by atoms with Gasteiger partial charge in [0.25, 0.3) is 0 Å². The van der Waals surface area contributed by atoms with Crippen LogP contribution in [0.15, 0.2) is 6.07 Å². The van der Waals surface area contributed by atoms with Crippen molar-refractivity contribution in [2.24, 2.45) is 5.73 Å². The van der Waals surface area contributed by atoms with Gasteiger partial charge >= 0.3 is 0 Å². The number of aromatic nitrogens is 1. The van der Waals surface area contributed by atoms with E-state index in [0.29, 0.717) is 5.56 Å². The van der Waals surface area contributed by atoms with Crippen LogP contribution < -0.4 is 11.1 Å². The molecule has 0 fully saturated rings. The third kappa shape index (κ3) is 1.77. The molecule has 4 heteroatoms. The van der Waals surface area contributed by atoms with Gasteiger partial charge in [0.1, 0.15) is 5.84 Å². The standard InChI is InChI=1S/C9H14N4/c1-5-4-7(12-3)8(9(10)11)6(2)13-5/h4H,1-3H3,(H3,10,11)(H,12,13). The van der Waals surface area contributed by atoms with Crippen molar-refractivity contribution in [3.8, 4) is 0 Å². The van der Waals surface area contributed by atoms with E-state index in [9.17, 15) is 0 Å². The Labute approximate surface area is 77.7 Å². The topological polar surface area (TPSA) is 74.8 Å². The van der Waals surface area contributed by atoms with Crippen molar-refractivity contribution < 1.29 is 0 Å². The van der Waals surface area contributed by atoms with Crippen LogP contribution in [0.2, 0.25) is 0 Å². The highest BCUT2D eigenvalue weighted by Crippen LogP contribution is 2.18. The molecule has 0 saturated heterocycles. The normalized spacial score (nSPS) is 9.77. The zero-order chi connectivity index (χ0) is 10.0. The van der Waals surface area contributed by atoms with Gasteiger partial charge in [-0.3, -0.25) is 10.4 Å². The zero-order valence-electron chi connectivity index (χ0n) is 8.10. The Hall–Kier alpha value is -1.58. The molecule has 0 amide bonds. The largest absolute Gasteiger partial charge is 0.387 e. The predicted octanol–water partition coefficient (Wildman–Crippen LogP) is 1.02. The van der Waals surface area contributed by atoms with E-state index in [0.717, 1.165) is 17.1 Å². The van der Waals surface area contributed by atoms with Gasteiger partial charge in [0.15, 0.2) is 0 Å². The fourth-order valence-corrected chi connectivity index (χ4v) is 1.37. The Balaban J connectivity index is 3.38. The van der Waals surface area contributed by atoms with E-state index in [4.69, 9.17) is 11.1 Å². The molecule has 1 heterocycles. The maximum Gasteiger partial charge on any atom is 0.126 e. The third-order valence-electron chi connectivity index (χ3n) is 1.87. The minimum atomic E-state index is 0.0503. The third-order valence-corrected chi connectivity index (χ3v) is 1.87. The fraction of sp³-hybridized carbons (Fsp3) is 0.333. The van der Waals surface area contributed by atoms with Crippen LogP contribution >= 0.6 is 0 Å². The van der Waals surface area contributed by atoms with E-state index in [1.165, 1.54) is 0 Å². The van der Waals surface area contributed by atoms with Crippen LogP contribution in [-0.4, -0.2) is 17.9 Å². The highest BCUT2D eigenvalue weighted by molar-refractivity contribution is 6.01. The summed E-state index contributed by atoms with van der Waals surface area (Å²) >= 11 is 0. The van der Waals surface area contributed by atoms with Crippen molar-refractivity contribution in [1.82, 2.24) is 4.98 Å². The van der Waals surface area contributed by atoms with Crippen LogP contribution in [0.3, 0.4) is 0 Å². The average molecular weight is 178 g/mol. The van der Waals surface area contributed by atoms with Crippen molar-refractivity contribution in [2.45, 2.75) is 13.8 Å². The molecule has 0 spiro atoms. The number of nitrogen functional groups attached to an aromatic ring is 1. The fourth-order valence-electron chi connectivity index (χ4n) is 1.37. The Morgan fingerprint density at radius 2 is 2.15 bits per heavy atom. The molecule has 0 aliphatic rings. The molecule has 0 bridgehead atoms. The maximum absolute atomic E-state index is 7.39. The second-order valence-electron chi connectivity index (χ2n) is 2.94. The number of rotatable bonds is 2. The number of pyridine rings is 1. The van der Waals surface area contributed by atoms with Gasteiger partial charge in [-0.1, -0.05) is 0 Å². The van der Waals surface area contributed by atoms with Crippen molar-refractivity contribution in [1.29, 1.82) is 5.41 Å². The van der Waals surface area contributed by atoms with Crippen molar-refractivity contribution >= 4 is 11.5 Å². The van der Waals surface area contributed by atoms with Gasteiger partial charge < -0.3 is 11.1 Å². The first-order valence-electron chi connectivity index (χ1n) is 4.06. The number of amidine groups is 1. The molecule has 0 aromatic carbocycles. The molecule has 70 valence electrons. The molecule has 0 radical (unpaired) electrons. The van der Waals surface area contributed by atoms with Gasteiger partial charge in [0, 0.05) is 18.4 Å². The highest BCUT2D eigenvalue weighted by atomic mass is 14.9. The molecule has 1 aromatic rings. The lowest BCUT2D eigenvalue weighted by Gasteiger charge is -2.10. The number of hydrogen-bond donors (Lipinski definition) is 3. The van der Waals surface area contributed by atoms with Crippen LogP contribution in [0, 0.1) is 19.3 Å². The van der Waals surface area contributed by atoms with E-state index < -0.39 is 0 Å². The number of anilines is 1. The Kier molecular flexibility index (Phi) is 2.51. The van der Waals surface area contributed by atoms with E-state index >= 15 is 0 Å². The predicted molar refractivity (Wildman–Crippen MR) is 54.3 cm³/mol. The summed E-state index contributed by atoms with van der Waals surface area (Å²) in [6, 6.07) is 1.88. The van der Waals surface area contributed by atoms with Gasteiger partial charge in [-0.2, -0.15) is 0 Å². The summed E-state index contributed by atoms with van der Waals surface area (Å²) < 4.78 is 0. The summed E-state index contributed by atoms with van der Waals surface area (Å²) in [5, 5.41) is 10.4. The van der Waals surface area contributed by atoms with Gasteiger partial charge in [-0.15, -0.1) is 0 Å². The van der Waals surface area contributed by atoms with Crippen molar-refractivity contribution in [3.63, 3.8) is 0 Å². The molecule has 13 heavy (non-hydrogen) atoms. The first kappa shape index (κ1) is 9.51. The number of hydrogen-bond acceptors (Lipinski definition) is 3. The summed E-state index contributed by atoms with van der Waals surface area (Å²) in [7, 11) is 1.81. The molecule has 0 saturated carbocycles. The summed E-state index contributed by atoms with van der Waals surface area (Å²) in [4.78, 5) is 4.24. The Morgan fingerprint density at radius 1 is 1.54 bits per heavy atom. The summed E-state index contributed by atoms with van der Waals surface area (Å²) in [5.74, 6) is 0.0503. The number of nitrogens with two attached hydrogens (primary N) is 1. The van der Waals surface area contributed by atoms with Gasteiger partial charge in [-0.25, -0.2) is 0 Å². The second kappa shape index (κ2) is 3.43. The zero-order valence-corrected chi connectivity index (χ0v) is 8.10. The van der Waals surface area contributed by atoms with Crippen LogP contribution in [0.25, 0.3) is 0 Å². The van der Waals surface area contributed by atoms with E-state index in [-0.39, 0.29) is 5.84 Å². The summed E-state index contributed by atoms with van der Waals surface area (Å²) in [6.45, 7) is 3.77. The van der Waals surface area contributed by atoms with Crippen LogP contribution in [-0.2, 0) is 0 Å². The number of nitrogens with zero attached hydrogens (tertiary/aromatic N) is 1. The maximum atomic E-state index is 7.39. The highest BCUT2D eigenvalue weighted by Gasteiger charge is 2.09. The lowest BCUT2D eigenvalue weighted by Crippen LogP contribution is -2.16. The molecular weight excluding hydrogens is 164 g/mol. The minimum absolute atomic E-state index is 0.0503. The van der Waals surface area contributed by atoms with Crippen LogP contribution in [0.5, 0.6) is 0 Å². The summed E-state index contributed by atoms with van der Waals surface area (Å²) in [6.07, 6.45) is 0. The molecule has 4 N–H and O–H groups in total. The molecule has 1 rings (SSSR count). The van der Waals surface area contributed by atoms with Crippen molar-refractivity contribution in [2.75, 3.05) is 12.4 Å². The SMILES string of the molecule is CNc1cc(C)nc(C)c1C(=N)N. The molecule has 4 nitrogen and oxygen atoms in total. The smallest absolute Gasteiger partial charge is 0.126 e. The quantitative estimate of drug-likeness (QED) is 0.467. The average Bonchev–Trinajstić information content (AvgIpc) is 2.01. The lowest BCUT2D eigenvalue weighted by molar-refractivity contribution is 1.11. The molecule has 1 aromatic heterocycles. The van der Waals surface area contributed by atoms with E-state index in [1.54, 1.807) is 7.05 Å². The van der Waals surface area contributed by atoms with Crippen LogP contribution in [0.4, 0.5) is 5.69 Å². The first-order valence-corrected chi connectivity index (χ1v) is 4.06. The first-order chi connectivity index (χ1) is 6.06. The Morgan fingerprint density at radius 3 is 2.62 bits per heavy atom. The Bertz CT molecular complexity index is 344. The van der Waals surface area contributed by atoms with Gasteiger partial charge in [0.2, 0.25) is 0 Å². The van der Waals surface area contributed by atoms with Gasteiger partial charge in [-0.05, 0) is 19.9 Å². The molecule has 0 atom stereocenters. The van der Waals surface area contributed by atoms with E-state index in [2.05, 4.69) is 10.3 Å². The summed E-state index contributed by atoms with van der Waals surface area (Å²) in [5.41, 5.74) is 8.70. The number of nitrogens with one attached hydrogen (secondary N) is 2. The lowest BCUT2D eigenvalue weighted by atomic mass is 10.1.